The predicted octanol–water partition coefficient (Wildman–Crippen LogP) is 1.90. The molecule has 0 aliphatic rings. The molecule has 1 aromatic rings. The summed E-state index contributed by atoms with van der Waals surface area (Å²) in [6, 6.07) is 3.73. The fraction of sp³-hybridized carbons (Fsp3) is 0.643. The van der Waals surface area contributed by atoms with E-state index in [4.69, 9.17) is 0 Å². The Balaban J connectivity index is 2.62. The summed E-state index contributed by atoms with van der Waals surface area (Å²) in [4.78, 5) is 4.04. The van der Waals surface area contributed by atoms with Crippen LogP contribution in [0.5, 0.6) is 0 Å². The first kappa shape index (κ1) is 17.1. The second-order valence-electron chi connectivity index (χ2n) is 5.62. The van der Waals surface area contributed by atoms with E-state index in [-0.39, 0.29) is 5.03 Å². The van der Waals surface area contributed by atoms with Gasteiger partial charge in [-0.2, -0.15) is 0 Å². The van der Waals surface area contributed by atoms with Crippen molar-refractivity contribution in [3.05, 3.63) is 23.9 Å². The number of hydrogen-bond donors (Lipinski definition) is 2. The molecule has 0 aromatic carbocycles. The number of hydrogen-bond acceptors (Lipinski definition) is 4. The molecule has 0 atom stereocenters. The lowest BCUT2D eigenvalue weighted by molar-refractivity contribution is 0.549. The van der Waals surface area contributed by atoms with Gasteiger partial charge in [0.25, 0.3) is 10.0 Å². The summed E-state index contributed by atoms with van der Waals surface area (Å²) in [6.45, 7) is 9.37. The van der Waals surface area contributed by atoms with Crippen LogP contribution in [0, 0.1) is 5.92 Å². The van der Waals surface area contributed by atoms with Gasteiger partial charge in [-0.25, -0.2) is 18.1 Å². The first-order valence-corrected chi connectivity index (χ1v) is 8.47. The molecule has 1 heterocycles. The Morgan fingerprint density at radius 1 is 1.20 bits per heavy atom. The molecule has 0 bridgehead atoms. The minimum absolute atomic E-state index is 0.0783. The van der Waals surface area contributed by atoms with E-state index in [1.54, 1.807) is 18.3 Å². The van der Waals surface area contributed by atoms with Crippen LogP contribution in [0.4, 0.5) is 0 Å². The third kappa shape index (κ3) is 5.98. The van der Waals surface area contributed by atoms with Gasteiger partial charge >= 0.3 is 0 Å². The molecule has 1 aromatic heterocycles. The highest BCUT2D eigenvalue weighted by Gasteiger charge is 2.14. The van der Waals surface area contributed by atoms with Crippen molar-refractivity contribution in [3.63, 3.8) is 0 Å². The van der Waals surface area contributed by atoms with Gasteiger partial charge in [-0.15, -0.1) is 0 Å². The van der Waals surface area contributed by atoms with Gasteiger partial charge in [-0.1, -0.05) is 33.8 Å². The zero-order chi connectivity index (χ0) is 15.2. The fourth-order valence-electron chi connectivity index (χ4n) is 1.55. The molecule has 1 rings (SSSR count). The standard InChI is InChI=1S/C14H25N3O2S/c1-11(2)7-8-17-20(18,19)14-6-5-13(10-16-14)9-15-12(3)4/h5-6,10-12,15,17H,7-9H2,1-4H3. The lowest BCUT2D eigenvalue weighted by Gasteiger charge is -2.10. The zero-order valence-corrected chi connectivity index (χ0v) is 13.5. The highest BCUT2D eigenvalue weighted by atomic mass is 32.2. The lowest BCUT2D eigenvalue weighted by Crippen LogP contribution is -2.26. The van der Waals surface area contributed by atoms with E-state index < -0.39 is 10.0 Å². The maximum absolute atomic E-state index is 12.0. The fourth-order valence-corrected chi connectivity index (χ4v) is 2.53. The lowest BCUT2D eigenvalue weighted by atomic mass is 10.1. The van der Waals surface area contributed by atoms with Crippen molar-refractivity contribution < 1.29 is 8.42 Å². The van der Waals surface area contributed by atoms with E-state index in [0.29, 0.717) is 25.0 Å². The van der Waals surface area contributed by atoms with Gasteiger partial charge in [0.1, 0.15) is 0 Å². The summed E-state index contributed by atoms with van der Waals surface area (Å²) in [6.07, 6.45) is 2.42. The van der Waals surface area contributed by atoms with Crippen molar-refractivity contribution in [1.29, 1.82) is 0 Å². The molecule has 0 radical (unpaired) electrons. The molecule has 0 unspecified atom stereocenters. The summed E-state index contributed by atoms with van der Waals surface area (Å²) in [5.41, 5.74) is 0.972. The van der Waals surface area contributed by atoms with E-state index in [0.717, 1.165) is 12.0 Å². The number of nitrogens with one attached hydrogen (secondary N) is 2. The van der Waals surface area contributed by atoms with E-state index >= 15 is 0 Å². The Kier molecular flexibility index (Phi) is 6.58. The normalized spacial score (nSPS) is 12.3. The topological polar surface area (TPSA) is 71.1 Å². The molecule has 0 fully saturated rings. The molecule has 114 valence electrons. The van der Waals surface area contributed by atoms with E-state index in [1.165, 1.54) is 0 Å². The number of nitrogens with zero attached hydrogens (tertiary/aromatic N) is 1. The Bertz CT molecular complexity index is 496. The molecule has 0 aliphatic carbocycles. The first-order chi connectivity index (χ1) is 9.31. The Hall–Kier alpha value is -0.980. The Labute approximate surface area is 122 Å². The van der Waals surface area contributed by atoms with Crippen molar-refractivity contribution >= 4 is 10.0 Å². The molecule has 2 N–H and O–H groups in total. The van der Waals surface area contributed by atoms with Crippen molar-refractivity contribution in [2.45, 2.75) is 51.7 Å². The van der Waals surface area contributed by atoms with Crippen LogP contribution in [-0.2, 0) is 16.6 Å². The van der Waals surface area contributed by atoms with Gasteiger partial charge in [-0.05, 0) is 24.0 Å². The van der Waals surface area contributed by atoms with Gasteiger partial charge in [-0.3, -0.25) is 0 Å². The van der Waals surface area contributed by atoms with Gasteiger partial charge < -0.3 is 5.32 Å². The summed E-state index contributed by atoms with van der Waals surface area (Å²) < 4.78 is 26.6. The molecule has 5 nitrogen and oxygen atoms in total. The van der Waals surface area contributed by atoms with Crippen LogP contribution < -0.4 is 10.0 Å². The summed E-state index contributed by atoms with van der Waals surface area (Å²) in [7, 11) is -3.49. The third-order valence-corrected chi connectivity index (χ3v) is 4.18. The molecule has 0 aliphatic heterocycles. The molecule has 0 amide bonds. The summed E-state index contributed by atoms with van der Waals surface area (Å²) in [5, 5.41) is 3.34. The first-order valence-electron chi connectivity index (χ1n) is 6.99. The SMILES string of the molecule is CC(C)CCNS(=O)(=O)c1ccc(CNC(C)C)cn1. The second kappa shape index (κ2) is 7.71. The minimum Gasteiger partial charge on any atom is -0.310 e. The molecular formula is C14H25N3O2S. The highest BCUT2D eigenvalue weighted by Crippen LogP contribution is 2.07. The molecule has 6 heteroatoms. The van der Waals surface area contributed by atoms with E-state index in [1.807, 2.05) is 0 Å². The third-order valence-electron chi connectivity index (χ3n) is 2.80. The van der Waals surface area contributed by atoms with Crippen LogP contribution in [-0.4, -0.2) is 26.0 Å². The maximum Gasteiger partial charge on any atom is 0.258 e. The summed E-state index contributed by atoms with van der Waals surface area (Å²) >= 11 is 0. The average Bonchev–Trinajstić information content (AvgIpc) is 2.36. The number of pyridine rings is 1. The van der Waals surface area contributed by atoms with Crippen molar-refractivity contribution in [2.24, 2.45) is 5.92 Å². The molecule has 20 heavy (non-hydrogen) atoms. The van der Waals surface area contributed by atoms with Gasteiger partial charge in [0.2, 0.25) is 0 Å². The molecule has 0 spiro atoms. The van der Waals surface area contributed by atoms with Gasteiger partial charge in [0.15, 0.2) is 5.03 Å². The van der Waals surface area contributed by atoms with Crippen LogP contribution in [0.3, 0.4) is 0 Å². The van der Waals surface area contributed by atoms with Crippen LogP contribution in [0.1, 0.15) is 39.7 Å². The monoisotopic (exact) mass is 299 g/mol. The number of sulfonamides is 1. The van der Waals surface area contributed by atoms with Crippen LogP contribution in [0.25, 0.3) is 0 Å². The van der Waals surface area contributed by atoms with E-state index in [2.05, 4.69) is 42.7 Å². The van der Waals surface area contributed by atoms with E-state index in [9.17, 15) is 8.42 Å². The second-order valence-corrected chi connectivity index (χ2v) is 7.33. The van der Waals surface area contributed by atoms with Crippen LogP contribution >= 0.6 is 0 Å². The van der Waals surface area contributed by atoms with Crippen molar-refractivity contribution in [3.8, 4) is 0 Å². The molecule has 0 saturated heterocycles. The molecular weight excluding hydrogens is 274 g/mol. The van der Waals surface area contributed by atoms with Crippen LogP contribution in [0.2, 0.25) is 0 Å². The zero-order valence-electron chi connectivity index (χ0n) is 12.7. The number of rotatable bonds is 8. The summed E-state index contributed by atoms with van der Waals surface area (Å²) in [5.74, 6) is 0.468. The maximum atomic E-state index is 12.0. The minimum atomic E-state index is -3.49. The molecule has 0 saturated carbocycles. The quantitative estimate of drug-likeness (QED) is 0.769. The predicted molar refractivity (Wildman–Crippen MR) is 80.9 cm³/mol. The Morgan fingerprint density at radius 2 is 1.90 bits per heavy atom. The van der Waals surface area contributed by atoms with Crippen molar-refractivity contribution in [1.82, 2.24) is 15.0 Å². The smallest absolute Gasteiger partial charge is 0.258 e. The van der Waals surface area contributed by atoms with Gasteiger partial charge in [0.05, 0.1) is 0 Å². The van der Waals surface area contributed by atoms with Crippen molar-refractivity contribution in [2.75, 3.05) is 6.54 Å². The van der Waals surface area contributed by atoms with Crippen LogP contribution in [0.15, 0.2) is 23.4 Å². The van der Waals surface area contributed by atoms with Gasteiger partial charge in [0, 0.05) is 25.3 Å². The number of aromatic nitrogens is 1. The largest absolute Gasteiger partial charge is 0.310 e. The Morgan fingerprint density at radius 3 is 2.40 bits per heavy atom. The highest BCUT2D eigenvalue weighted by molar-refractivity contribution is 7.89. The average molecular weight is 299 g/mol.